The van der Waals surface area contributed by atoms with Gasteiger partial charge in [0.1, 0.15) is 0 Å². The predicted molar refractivity (Wildman–Crippen MR) is 55.7 cm³/mol. The molecule has 0 saturated heterocycles. The van der Waals surface area contributed by atoms with E-state index in [9.17, 15) is 9.59 Å². The van der Waals surface area contributed by atoms with E-state index in [1.54, 1.807) is 0 Å². The minimum atomic E-state index is -0.981. The van der Waals surface area contributed by atoms with Crippen molar-refractivity contribution in [3.05, 3.63) is 24.3 Å². The first-order valence-corrected chi connectivity index (χ1v) is 4.33. The zero-order valence-corrected chi connectivity index (χ0v) is 8.62. The van der Waals surface area contributed by atoms with Crippen molar-refractivity contribution in [1.82, 2.24) is 0 Å². The Hall–Kier alpha value is -1.58. The van der Waals surface area contributed by atoms with E-state index in [2.05, 4.69) is 6.58 Å². The molecule has 0 aliphatic heterocycles. The maximum Gasteiger partial charge on any atom is 0.327 e. The van der Waals surface area contributed by atoms with E-state index in [1.165, 1.54) is 0 Å². The second-order valence-electron chi connectivity index (χ2n) is 2.40. The minimum Gasteiger partial charge on any atom is -0.478 e. The molecule has 0 saturated carbocycles. The fourth-order valence-electron chi connectivity index (χ4n) is 0.666. The molecule has 0 radical (unpaired) electrons. The Kier molecular flexibility index (Phi) is 10.1. The van der Waals surface area contributed by atoms with E-state index in [0.29, 0.717) is 0 Å². The Labute approximate surface area is 84.1 Å². The Morgan fingerprint density at radius 3 is 1.93 bits per heavy atom. The van der Waals surface area contributed by atoms with Crippen LogP contribution >= 0.6 is 0 Å². The van der Waals surface area contributed by atoms with Crippen molar-refractivity contribution in [3.8, 4) is 0 Å². The number of carboxylic acids is 1. The molecule has 4 heteroatoms. The number of aliphatic carboxylic acids is 1. The first-order valence-electron chi connectivity index (χ1n) is 4.33. The molecule has 0 spiro atoms. The Morgan fingerprint density at radius 2 is 1.86 bits per heavy atom. The number of carboxylic acid groups (broad SMARTS) is 1. The summed E-state index contributed by atoms with van der Waals surface area (Å²) in [6.07, 6.45) is 4.32. The summed E-state index contributed by atoms with van der Waals surface area (Å²) in [7, 11) is 0. The molecule has 80 valence electrons. The molecule has 14 heavy (non-hydrogen) atoms. The van der Waals surface area contributed by atoms with E-state index in [-0.39, 0.29) is 5.91 Å². The minimum absolute atomic E-state index is 0.292. The van der Waals surface area contributed by atoms with Crippen molar-refractivity contribution < 1.29 is 14.7 Å². The summed E-state index contributed by atoms with van der Waals surface area (Å²) in [6.45, 7) is 6.87. The lowest BCUT2D eigenvalue weighted by molar-refractivity contribution is -0.131. The molecular formula is C10H17NO3. The van der Waals surface area contributed by atoms with Crippen LogP contribution in [0.1, 0.15) is 26.7 Å². The highest BCUT2D eigenvalue weighted by Gasteiger charge is 1.97. The van der Waals surface area contributed by atoms with Gasteiger partial charge in [-0.05, 0) is 12.8 Å². The van der Waals surface area contributed by atoms with Crippen molar-refractivity contribution in [2.45, 2.75) is 26.7 Å². The number of carbonyl (C=O) groups is 2. The van der Waals surface area contributed by atoms with E-state index >= 15 is 0 Å². The molecule has 0 aromatic carbocycles. The van der Waals surface area contributed by atoms with Crippen LogP contribution in [0.4, 0.5) is 0 Å². The first-order chi connectivity index (χ1) is 6.49. The monoisotopic (exact) mass is 199 g/mol. The van der Waals surface area contributed by atoms with Crippen molar-refractivity contribution in [1.29, 1.82) is 0 Å². The molecule has 0 fully saturated rings. The van der Waals surface area contributed by atoms with E-state index < -0.39 is 5.97 Å². The van der Waals surface area contributed by atoms with E-state index in [0.717, 1.165) is 24.5 Å². The maximum absolute atomic E-state index is 10.5. The van der Waals surface area contributed by atoms with E-state index in [1.807, 2.05) is 19.9 Å². The van der Waals surface area contributed by atoms with Crippen LogP contribution in [0.3, 0.4) is 0 Å². The first kappa shape index (κ1) is 14.9. The molecule has 0 bridgehead atoms. The fourth-order valence-corrected chi connectivity index (χ4v) is 0.666. The number of nitrogens with two attached hydrogens (primary N) is 1. The number of primary amides is 1. The summed E-state index contributed by atoms with van der Waals surface area (Å²) >= 11 is 0. The van der Waals surface area contributed by atoms with Gasteiger partial charge in [0, 0.05) is 11.6 Å². The van der Waals surface area contributed by atoms with Gasteiger partial charge in [0.25, 0.3) is 0 Å². The van der Waals surface area contributed by atoms with Gasteiger partial charge in [0.15, 0.2) is 0 Å². The van der Waals surface area contributed by atoms with Gasteiger partial charge in [-0.25, -0.2) is 4.79 Å². The molecule has 4 nitrogen and oxygen atoms in total. The molecule has 0 aliphatic rings. The van der Waals surface area contributed by atoms with Gasteiger partial charge in [-0.3, -0.25) is 4.79 Å². The van der Waals surface area contributed by atoms with Crippen molar-refractivity contribution >= 4 is 11.9 Å². The number of amides is 1. The van der Waals surface area contributed by atoms with Gasteiger partial charge < -0.3 is 10.8 Å². The average Bonchev–Trinajstić information content (AvgIpc) is 2.14. The highest BCUT2D eigenvalue weighted by atomic mass is 16.4. The van der Waals surface area contributed by atoms with Crippen LogP contribution in [0.2, 0.25) is 0 Å². The van der Waals surface area contributed by atoms with Crippen LogP contribution in [0.5, 0.6) is 0 Å². The van der Waals surface area contributed by atoms with Crippen molar-refractivity contribution in [3.63, 3.8) is 0 Å². The average molecular weight is 199 g/mol. The summed E-state index contributed by atoms with van der Waals surface area (Å²) < 4.78 is 0. The molecule has 0 heterocycles. The van der Waals surface area contributed by atoms with Crippen LogP contribution in [-0.4, -0.2) is 17.0 Å². The zero-order chi connectivity index (χ0) is 11.6. The molecule has 0 aliphatic carbocycles. The lowest BCUT2D eigenvalue weighted by atomic mass is 10.1. The highest BCUT2D eigenvalue weighted by Crippen LogP contribution is 1.99. The Bertz CT molecular complexity index is 232. The van der Waals surface area contributed by atoms with Crippen LogP contribution < -0.4 is 5.73 Å². The predicted octanol–water partition coefficient (Wildman–Crippen LogP) is 1.48. The smallest absolute Gasteiger partial charge is 0.327 e. The van der Waals surface area contributed by atoms with Gasteiger partial charge >= 0.3 is 5.97 Å². The summed E-state index contributed by atoms with van der Waals surface area (Å²) in [4.78, 5) is 19.7. The van der Waals surface area contributed by atoms with E-state index in [4.69, 9.17) is 10.8 Å². The molecule has 0 aromatic heterocycles. The van der Waals surface area contributed by atoms with Gasteiger partial charge in [0.05, 0.1) is 0 Å². The second kappa shape index (κ2) is 9.51. The molecule has 0 aromatic rings. The summed E-state index contributed by atoms with van der Waals surface area (Å²) in [5, 5.41) is 7.60. The number of hydrogen-bond donors (Lipinski definition) is 2. The maximum atomic E-state index is 10.5. The second-order valence-corrected chi connectivity index (χ2v) is 2.40. The van der Waals surface area contributed by atoms with Crippen LogP contribution in [0, 0.1) is 0 Å². The molecule has 1 amide bonds. The highest BCUT2D eigenvalue weighted by molar-refractivity contribution is 5.91. The molecule has 0 unspecified atom stereocenters. The number of rotatable bonds is 4. The number of hydrogen-bond acceptors (Lipinski definition) is 2. The fraction of sp³-hybridized carbons (Fsp3) is 0.400. The van der Waals surface area contributed by atoms with Gasteiger partial charge in [-0.1, -0.05) is 26.5 Å². The van der Waals surface area contributed by atoms with Crippen molar-refractivity contribution in [2.75, 3.05) is 0 Å². The Balaban J connectivity index is 0. The lowest BCUT2D eigenvalue weighted by Crippen LogP contribution is -2.13. The number of carbonyl (C=O) groups excluding carboxylic acids is 1. The summed E-state index contributed by atoms with van der Waals surface area (Å²) in [5.74, 6) is -1.27. The third-order valence-corrected chi connectivity index (χ3v) is 1.32. The molecule has 0 atom stereocenters. The molecule has 0 rings (SSSR count). The van der Waals surface area contributed by atoms with Crippen LogP contribution in [0.15, 0.2) is 24.3 Å². The Morgan fingerprint density at radius 1 is 1.43 bits per heavy atom. The third kappa shape index (κ3) is 10.4. The quantitative estimate of drug-likeness (QED) is 0.673. The summed E-state index contributed by atoms with van der Waals surface area (Å²) in [6, 6.07) is 0. The van der Waals surface area contributed by atoms with Crippen molar-refractivity contribution in [2.24, 2.45) is 5.73 Å². The third-order valence-electron chi connectivity index (χ3n) is 1.32. The largest absolute Gasteiger partial charge is 0.478 e. The normalized spacial score (nSPS) is 9.71. The summed E-state index contributed by atoms with van der Waals surface area (Å²) in [5.41, 5.74) is 5.76. The number of allylic oxidation sites excluding steroid dienone is 1. The molecule has 3 N–H and O–H groups in total. The topological polar surface area (TPSA) is 80.4 Å². The zero-order valence-electron chi connectivity index (χ0n) is 8.62. The lowest BCUT2D eigenvalue weighted by Gasteiger charge is -1.94. The van der Waals surface area contributed by atoms with Crippen LogP contribution in [-0.2, 0) is 9.59 Å². The van der Waals surface area contributed by atoms with Crippen LogP contribution in [0.25, 0.3) is 0 Å². The van der Waals surface area contributed by atoms with Gasteiger partial charge in [-0.15, -0.1) is 0 Å². The standard InChI is InChI=1S/C7H13NO.C3H4O2/c1-3-5-6(4-2)7(8)9;1-2-3(4)5/h5H,3-4H2,1-2H3,(H2,8,9);2H,1H2,(H,4,5). The SMILES string of the molecule is C=CC(=O)O.CCC=C(CC)C(N)=O. The molecular weight excluding hydrogens is 182 g/mol. The van der Waals surface area contributed by atoms with Gasteiger partial charge in [0.2, 0.25) is 5.91 Å². The van der Waals surface area contributed by atoms with Gasteiger partial charge in [-0.2, -0.15) is 0 Å².